The van der Waals surface area contributed by atoms with Gasteiger partial charge in [0.2, 0.25) is 0 Å². The lowest BCUT2D eigenvalue weighted by Crippen LogP contribution is -2.42. The van der Waals surface area contributed by atoms with Gasteiger partial charge in [-0.1, -0.05) is 12.7 Å². The van der Waals surface area contributed by atoms with Gasteiger partial charge in [0.05, 0.1) is 0 Å². The van der Waals surface area contributed by atoms with Crippen LogP contribution in [0.1, 0.15) is 12.8 Å². The average Bonchev–Trinajstić information content (AvgIpc) is 2.09. The number of carboxylic acid groups (broad SMARTS) is 1. The molecule has 0 amide bonds. The highest BCUT2D eigenvalue weighted by molar-refractivity contribution is 6.56. The maximum absolute atomic E-state index is 10.5. The van der Waals surface area contributed by atoms with Gasteiger partial charge >= 0.3 is 12.7 Å². The minimum atomic E-state index is -3.31. The van der Waals surface area contributed by atoms with Gasteiger partial charge in [-0.15, -0.1) is 0 Å². The molecule has 0 aromatic heterocycles. The van der Waals surface area contributed by atoms with E-state index in [0.29, 0.717) is 6.42 Å². The van der Waals surface area contributed by atoms with E-state index in [1.807, 2.05) is 0 Å². The van der Waals surface area contributed by atoms with Crippen LogP contribution in [0.15, 0.2) is 0 Å². The Labute approximate surface area is 87.7 Å². The van der Waals surface area contributed by atoms with Gasteiger partial charge in [-0.2, -0.15) is 0 Å². The third-order valence-electron chi connectivity index (χ3n) is 2.26. The molecule has 7 nitrogen and oxygen atoms in total. The summed E-state index contributed by atoms with van der Waals surface area (Å²) >= 11 is 0. The third-order valence-corrected chi connectivity index (χ3v) is 2.26. The standard InChI is InChI=1S/C7H18BN2O5/c9-4-5(6(10)7(11)12)2-1-3-8(13,14)15/h5-6,13-15H,1-4,9-10H2,(H,11,12)/q-1/t5-,6-/m0/s1. The molecule has 0 bridgehead atoms. The number of carbonyl (C=O) groups is 1. The lowest BCUT2D eigenvalue weighted by Gasteiger charge is -2.23. The van der Waals surface area contributed by atoms with Crippen LogP contribution in [0.25, 0.3) is 0 Å². The Kier molecular flexibility index (Phi) is 5.77. The molecule has 2 atom stereocenters. The van der Waals surface area contributed by atoms with Crippen molar-refractivity contribution < 1.29 is 25.0 Å². The largest absolute Gasteiger partial charge is 0.560 e. The Morgan fingerprint density at radius 3 is 2.20 bits per heavy atom. The average molecular weight is 221 g/mol. The molecule has 8 heteroatoms. The summed E-state index contributed by atoms with van der Waals surface area (Å²) in [6.45, 7) is -3.20. The Hall–Kier alpha value is -0.665. The van der Waals surface area contributed by atoms with Crippen LogP contribution in [0.5, 0.6) is 0 Å². The number of hydrogen-bond acceptors (Lipinski definition) is 6. The van der Waals surface area contributed by atoms with E-state index in [4.69, 9.17) is 31.6 Å². The summed E-state index contributed by atoms with van der Waals surface area (Å²) in [4.78, 5) is 10.5. The molecule has 0 unspecified atom stereocenters. The van der Waals surface area contributed by atoms with Gasteiger partial charge in [-0.05, 0) is 18.9 Å². The van der Waals surface area contributed by atoms with E-state index in [2.05, 4.69) is 0 Å². The van der Waals surface area contributed by atoms with Crippen molar-refractivity contribution in [1.82, 2.24) is 0 Å². The van der Waals surface area contributed by atoms with Gasteiger partial charge in [0.1, 0.15) is 6.04 Å². The molecule has 0 fully saturated rings. The molecule has 0 saturated carbocycles. The molecule has 0 aliphatic carbocycles. The monoisotopic (exact) mass is 221 g/mol. The number of carboxylic acids is 1. The molecule has 0 aromatic carbocycles. The van der Waals surface area contributed by atoms with Crippen molar-refractivity contribution in [2.45, 2.75) is 25.2 Å². The molecule has 15 heavy (non-hydrogen) atoms. The van der Waals surface area contributed by atoms with Gasteiger partial charge in [0.15, 0.2) is 0 Å². The Morgan fingerprint density at radius 1 is 1.33 bits per heavy atom. The Balaban J connectivity index is 3.96. The maximum atomic E-state index is 10.5. The zero-order valence-electron chi connectivity index (χ0n) is 8.41. The minimum Gasteiger partial charge on any atom is -0.560 e. The second-order valence-electron chi connectivity index (χ2n) is 3.68. The highest BCUT2D eigenvalue weighted by Gasteiger charge is 2.23. The van der Waals surface area contributed by atoms with Crippen LogP contribution in [0.4, 0.5) is 0 Å². The van der Waals surface area contributed by atoms with Crippen LogP contribution in [0.3, 0.4) is 0 Å². The molecule has 8 N–H and O–H groups in total. The first-order valence-electron chi connectivity index (χ1n) is 4.79. The highest BCUT2D eigenvalue weighted by Crippen LogP contribution is 2.13. The first kappa shape index (κ1) is 14.3. The molecular weight excluding hydrogens is 203 g/mol. The van der Waals surface area contributed by atoms with E-state index in [9.17, 15) is 4.79 Å². The minimum absolute atomic E-state index is 0.107. The molecule has 0 aliphatic rings. The summed E-state index contributed by atoms with van der Waals surface area (Å²) in [7, 11) is 0. The lowest BCUT2D eigenvalue weighted by molar-refractivity contribution is -0.139. The zero-order valence-corrected chi connectivity index (χ0v) is 8.41. The van der Waals surface area contributed by atoms with Crippen LogP contribution in [-0.2, 0) is 4.79 Å². The predicted octanol–water partition coefficient (Wildman–Crippen LogP) is -2.33. The SMILES string of the molecule is NC[C@H](CCC[B-](O)(O)O)[C@H](N)C(=O)O. The second kappa shape index (κ2) is 6.04. The molecule has 0 spiro atoms. The topological polar surface area (TPSA) is 150 Å². The molecule has 0 aromatic rings. The highest BCUT2D eigenvalue weighted by atomic mass is 16.5. The van der Waals surface area contributed by atoms with Crippen molar-refractivity contribution in [3.8, 4) is 0 Å². The molecule has 0 heterocycles. The number of hydrogen-bond donors (Lipinski definition) is 6. The van der Waals surface area contributed by atoms with Gasteiger partial charge in [0.25, 0.3) is 0 Å². The summed E-state index contributed by atoms with van der Waals surface area (Å²) in [5.41, 5.74) is 10.7. The van der Waals surface area contributed by atoms with E-state index in [1.165, 1.54) is 0 Å². The number of rotatable bonds is 7. The van der Waals surface area contributed by atoms with E-state index in [1.54, 1.807) is 0 Å². The van der Waals surface area contributed by atoms with Crippen molar-refractivity contribution in [2.24, 2.45) is 17.4 Å². The predicted molar refractivity (Wildman–Crippen MR) is 54.6 cm³/mol. The van der Waals surface area contributed by atoms with E-state index in [0.717, 1.165) is 0 Å². The normalized spacial score (nSPS) is 16.1. The molecule has 0 rings (SSSR count). The van der Waals surface area contributed by atoms with Crippen molar-refractivity contribution in [3.05, 3.63) is 0 Å². The molecule has 0 aliphatic heterocycles. The zero-order chi connectivity index (χ0) is 12.1. The first-order chi connectivity index (χ1) is 6.78. The second-order valence-corrected chi connectivity index (χ2v) is 3.68. The quantitative estimate of drug-likeness (QED) is 0.264. The molecular formula is C7H18BN2O5-. The van der Waals surface area contributed by atoms with Gasteiger partial charge in [-0.3, -0.25) is 4.79 Å². The summed E-state index contributed by atoms with van der Waals surface area (Å²) in [5.74, 6) is -1.57. The van der Waals surface area contributed by atoms with Crippen molar-refractivity contribution in [1.29, 1.82) is 0 Å². The van der Waals surface area contributed by atoms with Crippen molar-refractivity contribution in [2.75, 3.05) is 6.54 Å². The number of nitrogens with two attached hydrogens (primary N) is 2. The summed E-state index contributed by atoms with van der Waals surface area (Å²) in [6, 6.07) is -1.06. The molecule has 0 radical (unpaired) electrons. The van der Waals surface area contributed by atoms with Gasteiger partial charge < -0.3 is 31.6 Å². The fraction of sp³-hybridized carbons (Fsp3) is 0.857. The van der Waals surface area contributed by atoms with Crippen LogP contribution < -0.4 is 11.5 Å². The van der Waals surface area contributed by atoms with E-state index >= 15 is 0 Å². The fourth-order valence-electron chi connectivity index (χ4n) is 1.30. The van der Waals surface area contributed by atoms with Gasteiger partial charge in [0, 0.05) is 0 Å². The van der Waals surface area contributed by atoms with E-state index in [-0.39, 0.29) is 19.3 Å². The number of aliphatic carboxylic acids is 1. The van der Waals surface area contributed by atoms with Crippen LogP contribution in [-0.4, -0.2) is 45.5 Å². The van der Waals surface area contributed by atoms with E-state index < -0.39 is 24.7 Å². The van der Waals surface area contributed by atoms with Crippen molar-refractivity contribution in [3.63, 3.8) is 0 Å². The van der Waals surface area contributed by atoms with Crippen molar-refractivity contribution >= 4 is 12.7 Å². The maximum Gasteiger partial charge on any atom is 0.371 e. The molecule has 90 valence electrons. The van der Waals surface area contributed by atoms with Gasteiger partial charge in [-0.25, -0.2) is 0 Å². The summed E-state index contributed by atoms with van der Waals surface area (Å²) in [5, 5.41) is 34.6. The van der Waals surface area contributed by atoms with Crippen LogP contribution >= 0.6 is 0 Å². The first-order valence-corrected chi connectivity index (χ1v) is 4.79. The van der Waals surface area contributed by atoms with Crippen LogP contribution in [0, 0.1) is 5.92 Å². The Bertz CT molecular complexity index is 208. The smallest absolute Gasteiger partial charge is 0.371 e. The Morgan fingerprint density at radius 2 is 1.87 bits per heavy atom. The fourth-order valence-corrected chi connectivity index (χ4v) is 1.30. The third kappa shape index (κ3) is 6.42. The summed E-state index contributed by atoms with van der Waals surface area (Å²) in [6.07, 6.45) is 0.379. The lowest BCUT2D eigenvalue weighted by atomic mass is 9.73. The summed E-state index contributed by atoms with van der Waals surface area (Å²) < 4.78 is 0. The molecule has 0 saturated heterocycles. The van der Waals surface area contributed by atoms with Crippen LogP contribution in [0.2, 0.25) is 6.32 Å².